The zero-order valence-electron chi connectivity index (χ0n) is 8.53. The van der Waals surface area contributed by atoms with Crippen molar-refractivity contribution >= 4 is 23.2 Å². The Bertz CT molecular complexity index is 499. The second-order valence-electron chi connectivity index (χ2n) is 3.19. The van der Waals surface area contributed by atoms with Crippen LogP contribution in [-0.4, -0.2) is 10.2 Å². The summed E-state index contributed by atoms with van der Waals surface area (Å²) in [5, 5.41) is 7.93. The normalized spacial score (nSPS) is 10.3. The number of aromatic nitrogens is 2. The fraction of sp³-hybridized carbons (Fsp3) is 0.0909. The Labute approximate surface area is 107 Å². The molecule has 0 unspecified atom stereocenters. The predicted octanol–water partition coefficient (Wildman–Crippen LogP) is 3.50. The largest absolute Gasteiger partial charge is 0.483 e. The van der Waals surface area contributed by atoms with E-state index >= 15 is 0 Å². The molecule has 2 aromatic rings. The van der Waals surface area contributed by atoms with Crippen LogP contribution in [0.4, 0.5) is 4.39 Å². The molecule has 17 heavy (non-hydrogen) atoms. The summed E-state index contributed by atoms with van der Waals surface area (Å²) in [4.78, 5) is 0. The summed E-state index contributed by atoms with van der Waals surface area (Å²) in [6.07, 6.45) is 0. The number of benzene rings is 1. The van der Waals surface area contributed by atoms with Crippen molar-refractivity contribution in [1.82, 2.24) is 10.2 Å². The lowest BCUT2D eigenvalue weighted by molar-refractivity contribution is 0.285. The molecule has 0 aliphatic carbocycles. The van der Waals surface area contributed by atoms with Crippen LogP contribution < -0.4 is 4.74 Å². The van der Waals surface area contributed by atoms with Gasteiger partial charge in [0, 0.05) is 0 Å². The summed E-state index contributed by atoms with van der Waals surface area (Å²) in [6, 6.07) is 7.55. The molecule has 1 aromatic heterocycles. The summed E-state index contributed by atoms with van der Waals surface area (Å²) in [6.45, 7) is 0.0742. The van der Waals surface area contributed by atoms with Gasteiger partial charge in [-0.1, -0.05) is 29.3 Å². The van der Waals surface area contributed by atoms with E-state index in [0.29, 0.717) is 5.69 Å². The first-order chi connectivity index (χ1) is 8.16. The van der Waals surface area contributed by atoms with E-state index in [2.05, 4.69) is 10.2 Å². The third-order valence-electron chi connectivity index (χ3n) is 1.97. The molecule has 1 aromatic carbocycles. The lowest BCUT2D eigenvalue weighted by Gasteiger charge is -2.07. The van der Waals surface area contributed by atoms with Crippen LogP contribution in [0, 0.1) is 5.82 Å². The maximum atomic E-state index is 13.4. The van der Waals surface area contributed by atoms with Gasteiger partial charge in [-0.2, -0.15) is 5.10 Å². The number of halogens is 3. The zero-order valence-corrected chi connectivity index (χ0v) is 10.0. The lowest BCUT2D eigenvalue weighted by Crippen LogP contribution is -2.01. The smallest absolute Gasteiger partial charge is 0.174 e. The molecule has 6 heteroatoms. The molecule has 3 nitrogen and oxygen atoms in total. The number of para-hydroxylation sites is 1. The average Bonchev–Trinajstić information content (AvgIpc) is 2.31. The fourth-order valence-electron chi connectivity index (χ4n) is 1.19. The molecule has 0 radical (unpaired) electrons. The minimum atomic E-state index is -0.514. The van der Waals surface area contributed by atoms with Crippen molar-refractivity contribution in [3.8, 4) is 5.75 Å². The highest BCUT2D eigenvalue weighted by molar-refractivity contribution is 6.32. The van der Waals surface area contributed by atoms with Gasteiger partial charge in [-0.15, -0.1) is 5.10 Å². The van der Waals surface area contributed by atoms with E-state index in [9.17, 15) is 4.39 Å². The van der Waals surface area contributed by atoms with Crippen LogP contribution in [0.2, 0.25) is 10.2 Å². The maximum absolute atomic E-state index is 13.4. The third-order valence-corrected chi connectivity index (χ3v) is 2.47. The molecule has 0 atom stereocenters. The molecule has 88 valence electrons. The number of hydrogen-bond donors (Lipinski definition) is 0. The molecule has 1 heterocycles. The van der Waals surface area contributed by atoms with Gasteiger partial charge in [0.05, 0.1) is 5.02 Å². The Morgan fingerprint density at radius 2 is 1.94 bits per heavy atom. The molecule has 0 fully saturated rings. The number of nitrogens with zero attached hydrogens (tertiary/aromatic N) is 2. The molecule has 0 saturated heterocycles. The van der Waals surface area contributed by atoms with Gasteiger partial charge < -0.3 is 4.74 Å². The highest BCUT2D eigenvalue weighted by Crippen LogP contribution is 2.27. The van der Waals surface area contributed by atoms with Crippen molar-refractivity contribution in [2.75, 3.05) is 0 Å². The summed E-state index contributed by atoms with van der Waals surface area (Å²) in [5.74, 6) is -0.509. The molecular formula is C11H7Cl2FN2O. The van der Waals surface area contributed by atoms with Gasteiger partial charge in [0.15, 0.2) is 16.7 Å². The van der Waals surface area contributed by atoms with Gasteiger partial charge in [0.2, 0.25) is 0 Å². The topological polar surface area (TPSA) is 35.0 Å². The molecule has 2 rings (SSSR count). The van der Waals surface area contributed by atoms with Crippen molar-refractivity contribution in [3.05, 3.63) is 52.0 Å². The first kappa shape index (κ1) is 12.1. The molecule has 0 amide bonds. The Morgan fingerprint density at radius 3 is 2.59 bits per heavy atom. The lowest BCUT2D eigenvalue weighted by atomic mass is 10.3. The SMILES string of the molecule is Fc1cccc(Cl)c1OCc1ccc(Cl)nn1. The summed E-state index contributed by atoms with van der Waals surface area (Å²) >= 11 is 11.4. The minimum absolute atomic E-state index is 0.00548. The predicted molar refractivity (Wildman–Crippen MR) is 62.8 cm³/mol. The van der Waals surface area contributed by atoms with Crippen LogP contribution in [0.15, 0.2) is 30.3 Å². The first-order valence-electron chi connectivity index (χ1n) is 4.72. The second kappa shape index (κ2) is 5.29. The standard InChI is InChI=1S/C11H7Cl2FN2O/c12-8-2-1-3-9(14)11(8)17-6-7-4-5-10(13)16-15-7/h1-5H,6H2. The summed E-state index contributed by atoms with van der Waals surface area (Å²) in [5.41, 5.74) is 0.536. The molecule has 0 N–H and O–H groups in total. The van der Waals surface area contributed by atoms with Crippen LogP contribution in [0.5, 0.6) is 5.75 Å². The van der Waals surface area contributed by atoms with E-state index in [1.165, 1.54) is 12.1 Å². The van der Waals surface area contributed by atoms with E-state index in [0.717, 1.165) is 0 Å². The van der Waals surface area contributed by atoms with Crippen LogP contribution in [-0.2, 0) is 6.61 Å². The molecule has 0 aliphatic rings. The number of hydrogen-bond acceptors (Lipinski definition) is 3. The van der Waals surface area contributed by atoms with Crippen molar-refractivity contribution in [2.45, 2.75) is 6.61 Å². The van der Waals surface area contributed by atoms with Crippen LogP contribution in [0.25, 0.3) is 0 Å². The monoisotopic (exact) mass is 272 g/mol. The van der Waals surface area contributed by atoms with Gasteiger partial charge >= 0.3 is 0 Å². The van der Waals surface area contributed by atoms with E-state index in [4.69, 9.17) is 27.9 Å². The summed E-state index contributed by atoms with van der Waals surface area (Å²) < 4.78 is 18.6. The van der Waals surface area contributed by atoms with Gasteiger partial charge in [-0.05, 0) is 24.3 Å². The van der Waals surface area contributed by atoms with Gasteiger partial charge in [0.25, 0.3) is 0 Å². The Morgan fingerprint density at radius 1 is 1.12 bits per heavy atom. The average molecular weight is 273 g/mol. The third kappa shape index (κ3) is 3.05. The Kier molecular flexibility index (Phi) is 3.76. The maximum Gasteiger partial charge on any atom is 0.174 e. The molecule has 0 bridgehead atoms. The molecule has 0 saturated carbocycles. The Hall–Kier alpha value is -1.39. The van der Waals surface area contributed by atoms with E-state index in [1.54, 1.807) is 18.2 Å². The first-order valence-corrected chi connectivity index (χ1v) is 5.47. The van der Waals surface area contributed by atoms with Crippen molar-refractivity contribution in [2.24, 2.45) is 0 Å². The van der Waals surface area contributed by atoms with E-state index in [1.807, 2.05) is 0 Å². The quantitative estimate of drug-likeness (QED) is 0.858. The van der Waals surface area contributed by atoms with Gasteiger partial charge in [-0.3, -0.25) is 0 Å². The van der Waals surface area contributed by atoms with Gasteiger partial charge in [-0.25, -0.2) is 4.39 Å². The molecule has 0 aliphatic heterocycles. The van der Waals surface area contributed by atoms with Crippen LogP contribution >= 0.6 is 23.2 Å². The van der Waals surface area contributed by atoms with Crippen molar-refractivity contribution in [1.29, 1.82) is 0 Å². The van der Waals surface area contributed by atoms with E-state index in [-0.39, 0.29) is 22.5 Å². The van der Waals surface area contributed by atoms with Gasteiger partial charge in [0.1, 0.15) is 12.3 Å². The number of ether oxygens (including phenoxy) is 1. The van der Waals surface area contributed by atoms with E-state index < -0.39 is 5.82 Å². The van der Waals surface area contributed by atoms with Crippen LogP contribution in [0.3, 0.4) is 0 Å². The summed E-state index contributed by atoms with van der Waals surface area (Å²) in [7, 11) is 0. The zero-order chi connectivity index (χ0) is 12.3. The molecule has 0 spiro atoms. The Balaban J connectivity index is 2.10. The highest BCUT2D eigenvalue weighted by atomic mass is 35.5. The van der Waals surface area contributed by atoms with Crippen molar-refractivity contribution < 1.29 is 9.13 Å². The minimum Gasteiger partial charge on any atom is -0.483 e. The number of rotatable bonds is 3. The highest BCUT2D eigenvalue weighted by Gasteiger charge is 2.08. The van der Waals surface area contributed by atoms with Crippen LogP contribution in [0.1, 0.15) is 5.69 Å². The second-order valence-corrected chi connectivity index (χ2v) is 3.98. The van der Waals surface area contributed by atoms with Crippen molar-refractivity contribution in [3.63, 3.8) is 0 Å². The molecular weight excluding hydrogens is 266 g/mol. The fourth-order valence-corrected chi connectivity index (χ4v) is 1.51.